The molecule has 1 nitrogen and oxygen atoms in total. The van der Waals surface area contributed by atoms with Crippen LogP contribution in [-0.2, 0) is 11.8 Å². The smallest absolute Gasteiger partial charge is 0.0934 e. The van der Waals surface area contributed by atoms with Crippen molar-refractivity contribution in [2.75, 3.05) is 10.7 Å². The predicted octanol–water partition coefficient (Wildman–Crippen LogP) is 5.07. The molecular formula is C13H12Br2ClNS. The first kappa shape index (κ1) is 14.5. The van der Waals surface area contributed by atoms with Crippen LogP contribution < -0.4 is 0 Å². The SMILES string of the molecule is Clc1cccc(C(CBr)(CBr)Cc2nccs2)c1. The van der Waals surface area contributed by atoms with Gasteiger partial charge in [-0.3, -0.25) is 0 Å². The highest BCUT2D eigenvalue weighted by Gasteiger charge is 2.31. The number of hydrogen-bond acceptors (Lipinski definition) is 2. The largest absolute Gasteiger partial charge is 0.250 e. The first-order valence-corrected chi connectivity index (χ1v) is 8.96. The van der Waals surface area contributed by atoms with E-state index < -0.39 is 0 Å². The lowest BCUT2D eigenvalue weighted by atomic mass is 9.81. The summed E-state index contributed by atoms with van der Waals surface area (Å²) in [6.45, 7) is 0. The summed E-state index contributed by atoms with van der Waals surface area (Å²) in [7, 11) is 0. The fourth-order valence-corrected chi connectivity index (χ4v) is 4.76. The normalized spacial score (nSPS) is 11.7. The van der Waals surface area contributed by atoms with Crippen molar-refractivity contribution in [1.29, 1.82) is 0 Å². The molecule has 96 valence electrons. The van der Waals surface area contributed by atoms with Gasteiger partial charge in [0.2, 0.25) is 0 Å². The van der Waals surface area contributed by atoms with Crippen LogP contribution in [0.15, 0.2) is 35.8 Å². The van der Waals surface area contributed by atoms with Crippen molar-refractivity contribution in [1.82, 2.24) is 4.98 Å². The van der Waals surface area contributed by atoms with Crippen LogP contribution >= 0.6 is 54.8 Å². The lowest BCUT2D eigenvalue weighted by Gasteiger charge is -2.30. The molecule has 0 N–H and O–H groups in total. The Hall–Kier alpha value is 0.1000. The summed E-state index contributed by atoms with van der Waals surface area (Å²) in [6, 6.07) is 8.07. The zero-order chi connectivity index (χ0) is 13.0. The third kappa shape index (κ3) is 3.16. The topological polar surface area (TPSA) is 12.9 Å². The Morgan fingerprint density at radius 2 is 2.06 bits per heavy atom. The molecule has 0 amide bonds. The molecule has 0 atom stereocenters. The fourth-order valence-electron chi connectivity index (χ4n) is 1.83. The second-order valence-corrected chi connectivity index (χ2v) is 6.70. The lowest BCUT2D eigenvalue weighted by molar-refractivity contribution is 0.549. The van der Waals surface area contributed by atoms with Crippen LogP contribution in [0.5, 0.6) is 0 Å². The Morgan fingerprint density at radius 1 is 1.28 bits per heavy atom. The number of hydrogen-bond donors (Lipinski definition) is 0. The van der Waals surface area contributed by atoms with Crippen molar-refractivity contribution in [3.63, 3.8) is 0 Å². The van der Waals surface area contributed by atoms with Gasteiger partial charge in [0.1, 0.15) is 0 Å². The molecule has 0 bridgehead atoms. The van der Waals surface area contributed by atoms with Crippen LogP contribution in [0.1, 0.15) is 10.6 Å². The molecule has 1 aromatic carbocycles. The van der Waals surface area contributed by atoms with Crippen molar-refractivity contribution in [2.24, 2.45) is 0 Å². The lowest BCUT2D eigenvalue weighted by Crippen LogP contribution is -2.32. The fraction of sp³-hybridized carbons (Fsp3) is 0.308. The minimum absolute atomic E-state index is 0.0112. The van der Waals surface area contributed by atoms with E-state index in [-0.39, 0.29) is 5.41 Å². The van der Waals surface area contributed by atoms with E-state index in [4.69, 9.17) is 11.6 Å². The summed E-state index contributed by atoms with van der Waals surface area (Å²) in [5.41, 5.74) is 1.22. The molecule has 18 heavy (non-hydrogen) atoms. The highest BCUT2D eigenvalue weighted by Crippen LogP contribution is 2.34. The summed E-state index contributed by atoms with van der Waals surface area (Å²) >= 11 is 15.1. The van der Waals surface area contributed by atoms with Crippen LogP contribution in [0.25, 0.3) is 0 Å². The van der Waals surface area contributed by atoms with Crippen LogP contribution in [0.4, 0.5) is 0 Å². The highest BCUT2D eigenvalue weighted by atomic mass is 79.9. The van der Waals surface area contributed by atoms with Gasteiger partial charge in [-0.25, -0.2) is 4.98 Å². The summed E-state index contributed by atoms with van der Waals surface area (Å²) < 4.78 is 0. The van der Waals surface area contributed by atoms with Gasteiger partial charge in [-0.05, 0) is 17.7 Å². The average Bonchev–Trinajstić information content (AvgIpc) is 2.89. The maximum atomic E-state index is 6.10. The Kier molecular flexibility index (Phi) is 5.24. The van der Waals surface area contributed by atoms with Crippen LogP contribution in [0.3, 0.4) is 0 Å². The summed E-state index contributed by atoms with van der Waals surface area (Å²) in [5.74, 6) is 0. The molecule has 2 rings (SSSR count). The van der Waals surface area contributed by atoms with Gasteiger partial charge in [0.25, 0.3) is 0 Å². The quantitative estimate of drug-likeness (QED) is 0.629. The molecule has 0 aliphatic rings. The van der Waals surface area contributed by atoms with E-state index in [2.05, 4.69) is 42.9 Å². The number of benzene rings is 1. The highest BCUT2D eigenvalue weighted by molar-refractivity contribution is 9.09. The molecular weight excluding hydrogens is 397 g/mol. The Labute approximate surface area is 133 Å². The van der Waals surface area contributed by atoms with E-state index in [0.29, 0.717) is 0 Å². The second kappa shape index (κ2) is 6.51. The monoisotopic (exact) mass is 407 g/mol. The van der Waals surface area contributed by atoms with E-state index in [0.717, 1.165) is 27.1 Å². The second-order valence-electron chi connectivity index (χ2n) is 4.16. The van der Waals surface area contributed by atoms with Gasteiger partial charge in [0.15, 0.2) is 0 Å². The molecule has 0 fully saturated rings. The van der Waals surface area contributed by atoms with Gasteiger partial charge in [0, 0.05) is 39.1 Å². The van der Waals surface area contributed by atoms with Crippen LogP contribution in [0, 0.1) is 0 Å². The van der Waals surface area contributed by atoms with Gasteiger partial charge in [-0.2, -0.15) is 0 Å². The van der Waals surface area contributed by atoms with Gasteiger partial charge < -0.3 is 0 Å². The maximum absolute atomic E-state index is 6.10. The predicted molar refractivity (Wildman–Crippen MR) is 86.5 cm³/mol. The van der Waals surface area contributed by atoms with E-state index >= 15 is 0 Å². The summed E-state index contributed by atoms with van der Waals surface area (Å²) in [6.07, 6.45) is 2.76. The van der Waals surface area contributed by atoms with E-state index in [1.54, 1.807) is 11.3 Å². The van der Waals surface area contributed by atoms with Crippen molar-refractivity contribution < 1.29 is 0 Å². The summed E-state index contributed by atoms with van der Waals surface area (Å²) in [5, 5.41) is 5.67. The molecule has 5 heteroatoms. The molecule has 1 aromatic heterocycles. The van der Waals surface area contributed by atoms with Crippen molar-refractivity contribution in [2.45, 2.75) is 11.8 Å². The molecule has 0 aliphatic carbocycles. The van der Waals surface area contributed by atoms with Gasteiger partial charge >= 0.3 is 0 Å². The number of rotatable bonds is 5. The number of aromatic nitrogens is 1. The standard InChI is InChI=1S/C13H12Br2ClNS/c14-8-13(9-15,7-12-17-4-5-18-12)10-2-1-3-11(16)6-10/h1-6H,7-9H2. The number of nitrogens with zero attached hydrogens (tertiary/aromatic N) is 1. The Balaban J connectivity index is 2.37. The van der Waals surface area contributed by atoms with E-state index in [1.807, 2.05) is 29.8 Å². The van der Waals surface area contributed by atoms with Crippen LogP contribution in [-0.4, -0.2) is 15.6 Å². The number of thiazole rings is 1. The number of halogens is 3. The molecule has 0 spiro atoms. The molecule has 0 saturated heterocycles. The first-order valence-electron chi connectivity index (χ1n) is 5.46. The molecule has 0 radical (unpaired) electrons. The van der Waals surface area contributed by atoms with Gasteiger partial charge in [0.05, 0.1) is 5.01 Å². The third-order valence-corrected chi connectivity index (χ3v) is 6.08. The molecule has 0 saturated carbocycles. The third-order valence-electron chi connectivity index (χ3n) is 2.92. The molecule has 0 aliphatic heterocycles. The van der Waals surface area contributed by atoms with E-state index in [9.17, 15) is 0 Å². The first-order chi connectivity index (χ1) is 8.70. The molecule has 1 heterocycles. The summed E-state index contributed by atoms with van der Waals surface area (Å²) in [4.78, 5) is 4.39. The minimum Gasteiger partial charge on any atom is -0.250 e. The zero-order valence-electron chi connectivity index (χ0n) is 9.57. The van der Waals surface area contributed by atoms with Crippen molar-refractivity contribution in [3.05, 3.63) is 51.4 Å². The van der Waals surface area contributed by atoms with E-state index in [1.165, 1.54) is 5.56 Å². The zero-order valence-corrected chi connectivity index (χ0v) is 14.3. The Morgan fingerprint density at radius 3 is 2.61 bits per heavy atom. The molecule has 0 unspecified atom stereocenters. The van der Waals surface area contributed by atoms with Gasteiger partial charge in [-0.1, -0.05) is 55.6 Å². The maximum Gasteiger partial charge on any atom is 0.0934 e. The molecule has 2 aromatic rings. The minimum atomic E-state index is -0.0112. The number of alkyl halides is 2. The van der Waals surface area contributed by atoms with Crippen molar-refractivity contribution >= 4 is 54.8 Å². The van der Waals surface area contributed by atoms with Gasteiger partial charge in [-0.15, -0.1) is 11.3 Å². The average molecular weight is 410 g/mol. The Bertz CT molecular complexity index is 497. The van der Waals surface area contributed by atoms with Crippen LogP contribution in [0.2, 0.25) is 5.02 Å². The van der Waals surface area contributed by atoms with Crippen molar-refractivity contribution in [3.8, 4) is 0 Å².